The molecule has 1 atom stereocenters. The molecule has 15 heavy (non-hydrogen) atoms. The van der Waals surface area contributed by atoms with Crippen molar-refractivity contribution in [3.63, 3.8) is 0 Å². The van der Waals surface area contributed by atoms with Crippen LogP contribution in [0.25, 0.3) is 0 Å². The fraction of sp³-hybridized carbons (Fsp3) is 0.909. The van der Waals surface area contributed by atoms with Crippen LogP contribution in [-0.2, 0) is 4.79 Å². The van der Waals surface area contributed by atoms with E-state index >= 15 is 0 Å². The van der Waals surface area contributed by atoms with Crippen LogP contribution in [0.4, 0.5) is 0 Å². The Morgan fingerprint density at radius 1 is 1.60 bits per heavy atom. The van der Waals surface area contributed by atoms with Crippen molar-refractivity contribution in [2.24, 2.45) is 5.92 Å². The van der Waals surface area contributed by atoms with Gasteiger partial charge in [-0.2, -0.15) is 0 Å². The molecule has 0 aromatic rings. The van der Waals surface area contributed by atoms with Gasteiger partial charge in [-0.05, 0) is 32.4 Å². The second-order valence-corrected chi connectivity index (χ2v) is 4.49. The van der Waals surface area contributed by atoms with E-state index in [-0.39, 0.29) is 18.9 Å². The number of carbonyl (C=O) groups is 1. The highest BCUT2D eigenvalue weighted by Gasteiger charge is 2.20. The first kappa shape index (κ1) is 12.5. The summed E-state index contributed by atoms with van der Waals surface area (Å²) in [4.78, 5) is 15.4. The molecule has 0 aromatic carbocycles. The van der Waals surface area contributed by atoms with E-state index in [1.54, 1.807) is 4.90 Å². The molecule has 1 amide bonds. The maximum absolute atomic E-state index is 11.4. The lowest BCUT2D eigenvalue weighted by molar-refractivity contribution is -0.130. The van der Waals surface area contributed by atoms with E-state index in [1.807, 2.05) is 7.05 Å². The zero-order valence-corrected chi connectivity index (χ0v) is 9.78. The van der Waals surface area contributed by atoms with Crippen LogP contribution in [-0.4, -0.2) is 61.2 Å². The predicted octanol–water partition coefficient (Wildman–Crippen LogP) is 0.169. The van der Waals surface area contributed by atoms with Gasteiger partial charge in [0.15, 0.2) is 0 Å². The van der Waals surface area contributed by atoms with Gasteiger partial charge in [0.2, 0.25) is 5.91 Å². The first-order valence-electron chi connectivity index (χ1n) is 5.67. The molecule has 0 radical (unpaired) electrons. The van der Waals surface area contributed by atoms with Gasteiger partial charge < -0.3 is 14.9 Å². The molecule has 1 unspecified atom stereocenters. The van der Waals surface area contributed by atoms with Gasteiger partial charge in [-0.1, -0.05) is 0 Å². The highest BCUT2D eigenvalue weighted by molar-refractivity contribution is 5.75. The minimum Gasteiger partial charge on any atom is -0.396 e. The maximum Gasteiger partial charge on any atom is 0.224 e. The summed E-state index contributed by atoms with van der Waals surface area (Å²) >= 11 is 0. The zero-order valence-electron chi connectivity index (χ0n) is 9.78. The van der Waals surface area contributed by atoms with E-state index < -0.39 is 0 Å². The van der Waals surface area contributed by atoms with E-state index in [2.05, 4.69) is 11.9 Å². The quantitative estimate of drug-likeness (QED) is 0.709. The Balaban J connectivity index is 2.16. The summed E-state index contributed by atoms with van der Waals surface area (Å²) in [6.45, 7) is 3.10. The van der Waals surface area contributed by atoms with Crippen molar-refractivity contribution < 1.29 is 9.90 Å². The minimum atomic E-state index is -0.0463. The molecule has 1 heterocycles. The lowest BCUT2D eigenvalue weighted by Gasteiger charge is -2.19. The van der Waals surface area contributed by atoms with Gasteiger partial charge in [0.1, 0.15) is 0 Å². The Morgan fingerprint density at radius 2 is 2.33 bits per heavy atom. The molecule has 1 saturated heterocycles. The third-order valence-electron chi connectivity index (χ3n) is 3.11. The summed E-state index contributed by atoms with van der Waals surface area (Å²) < 4.78 is 0. The molecule has 88 valence electrons. The topological polar surface area (TPSA) is 43.8 Å². The molecule has 0 bridgehead atoms. The largest absolute Gasteiger partial charge is 0.396 e. The van der Waals surface area contributed by atoms with Crippen LogP contribution in [0.3, 0.4) is 0 Å². The van der Waals surface area contributed by atoms with Crippen molar-refractivity contribution in [2.75, 3.05) is 40.3 Å². The van der Waals surface area contributed by atoms with Crippen molar-refractivity contribution in [2.45, 2.75) is 19.3 Å². The van der Waals surface area contributed by atoms with E-state index in [4.69, 9.17) is 5.11 Å². The Hall–Kier alpha value is -0.610. The third kappa shape index (κ3) is 4.18. The number of likely N-dealkylation sites (tertiary alicyclic amines) is 1. The number of nitrogens with zero attached hydrogens (tertiary/aromatic N) is 2. The lowest BCUT2D eigenvalue weighted by atomic mass is 10.0. The highest BCUT2D eigenvalue weighted by atomic mass is 16.3. The third-order valence-corrected chi connectivity index (χ3v) is 3.11. The van der Waals surface area contributed by atoms with Crippen LogP contribution in [0, 0.1) is 5.92 Å². The van der Waals surface area contributed by atoms with Crippen molar-refractivity contribution in [3.05, 3.63) is 0 Å². The first-order valence-corrected chi connectivity index (χ1v) is 5.67. The fourth-order valence-corrected chi connectivity index (χ4v) is 2.05. The van der Waals surface area contributed by atoms with Crippen LogP contribution in [0.15, 0.2) is 0 Å². The summed E-state index contributed by atoms with van der Waals surface area (Å²) in [5.41, 5.74) is 0. The molecule has 4 nitrogen and oxygen atoms in total. The van der Waals surface area contributed by atoms with Gasteiger partial charge in [0.05, 0.1) is 6.61 Å². The van der Waals surface area contributed by atoms with Crippen LogP contribution in [0.1, 0.15) is 19.3 Å². The minimum absolute atomic E-state index is 0.0452. The number of hydrogen-bond acceptors (Lipinski definition) is 3. The molecule has 1 aliphatic heterocycles. The standard InChI is InChI=1S/C11H22N2O2/c1-12-6-3-10(9-12)4-7-13(2)11(15)5-8-14/h10,14H,3-9H2,1-2H3. The zero-order chi connectivity index (χ0) is 11.3. The summed E-state index contributed by atoms with van der Waals surface area (Å²) in [7, 11) is 3.96. The highest BCUT2D eigenvalue weighted by Crippen LogP contribution is 2.17. The van der Waals surface area contributed by atoms with Gasteiger partial charge in [-0.15, -0.1) is 0 Å². The molecule has 4 heteroatoms. The van der Waals surface area contributed by atoms with Gasteiger partial charge in [-0.25, -0.2) is 0 Å². The molecule has 1 aliphatic rings. The van der Waals surface area contributed by atoms with E-state index in [9.17, 15) is 4.79 Å². The molecular formula is C11H22N2O2. The smallest absolute Gasteiger partial charge is 0.224 e. The van der Waals surface area contributed by atoms with Crippen molar-refractivity contribution >= 4 is 5.91 Å². The number of rotatable bonds is 5. The molecule has 0 saturated carbocycles. The average Bonchev–Trinajstić information content (AvgIpc) is 2.61. The maximum atomic E-state index is 11.4. The fourth-order valence-electron chi connectivity index (χ4n) is 2.05. The van der Waals surface area contributed by atoms with E-state index in [1.165, 1.54) is 13.0 Å². The van der Waals surface area contributed by atoms with Crippen LogP contribution in [0.2, 0.25) is 0 Å². The molecule has 0 spiro atoms. The van der Waals surface area contributed by atoms with Crippen LogP contribution >= 0.6 is 0 Å². The summed E-state index contributed by atoms with van der Waals surface area (Å²) in [6.07, 6.45) is 2.58. The number of amides is 1. The van der Waals surface area contributed by atoms with Gasteiger partial charge >= 0.3 is 0 Å². The molecule has 1 fully saturated rings. The molecule has 0 aromatic heterocycles. The molecule has 1 N–H and O–H groups in total. The molecular weight excluding hydrogens is 192 g/mol. The second kappa shape index (κ2) is 6.08. The van der Waals surface area contributed by atoms with Crippen molar-refractivity contribution in [1.82, 2.24) is 9.80 Å². The number of carbonyl (C=O) groups excluding carboxylic acids is 1. The van der Waals surface area contributed by atoms with Crippen molar-refractivity contribution in [1.29, 1.82) is 0 Å². The first-order chi connectivity index (χ1) is 7.13. The Morgan fingerprint density at radius 3 is 2.87 bits per heavy atom. The predicted molar refractivity (Wildman–Crippen MR) is 59.6 cm³/mol. The summed E-state index contributed by atoms with van der Waals surface area (Å²) in [5, 5.41) is 8.65. The Kier molecular flexibility index (Phi) is 5.05. The number of aliphatic hydroxyl groups excluding tert-OH is 1. The lowest BCUT2D eigenvalue weighted by Crippen LogP contribution is -2.29. The molecule has 0 aliphatic carbocycles. The van der Waals surface area contributed by atoms with E-state index in [0.29, 0.717) is 0 Å². The Bertz CT molecular complexity index is 209. The van der Waals surface area contributed by atoms with Gasteiger partial charge in [0, 0.05) is 26.6 Å². The number of hydrogen-bond donors (Lipinski definition) is 1. The van der Waals surface area contributed by atoms with Crippen LogP contribution in [0.5, 0.6) is 0 Å². The normalized spacial score (nSPS) is 21.9. The molecule has 1 rings (SSSR count). The summed E-state index contributed by atoms with van der Waals surface area (Å²) in [5.74, 6) is 0.781. The summed E-state index contributed by atoms with van der Waals surface area (Å²) in [6, 6.07) is 0. The SMILES string of the molecule is CN1CCC(CCN(C)C(=O)CCO)C1. The Labute approximate surface area is 91.9 Å². The second-order valence-electron chi connectivity index (χ2n) is 4.49. The van der Waals surface area contributed by atoms with E-state index in [0.717, 1.165) is 25.4 Å². The van der Waals surface area contributed by atoms with Gasteiger partial charge in [0.25, 0.3) is 0 Å². The average molecular weight is 214 g/mol. The monoisotopic (exact) mass is 214 g/mol. The van der Waals surface area contributed by atoms with Crippen LogP contribution < -0.4 is 0 Å². The van der Waals surface area contributed by atoms with Gasteiger partial charge in [-0.3, -0.25) is 4.79 Å². The van der Waals surface area contributed by atoms with Crippen molar-refractivity contribution in [3.8, 4) is 0 Å². The number of aliphatic hydroxyl groups is 1.